The van der Waals surface area contributed by atoms with Gasteiger partial charge in [0.2, 0.25) is 5.91 Å². The third-order valence-electron chi connectivity index (χ3n) is 5.53. The number of esters is 1. The molecule has 1 saturated heterocycles. The number of carbonyl (C=O) groups excluding carboxylic acids is 2. The number of fused-ring (bicyclic) bond motifs is 1. The molecule has 11 nitrogen and oxygen atoms in total. The number of cyclic esters (lactones) is 1. The number of nitrogens with one attached hydrogen (secondary N) is 2. The molecule has 0 spiro atoms. The summed E-state index contributed by atoms with van der Waals surface area (Å²) in [5.74, 6) is -0.0261. The number of hydrogen-bond donors (Lipinski definition) is 2. The summed E-state index contributed by atoms with van der Waals surface area (Å²) >= 11 is 0. The zero-order valence-electron chi connectivity index (χ0n) is 18.5. The van der Waals surface area contributed by atoms with E-state index in [0.717, 1.165) is 5.39 Å². The van der Waals surface area contributed by atoms with Crippen molar-refractivity contribution in [1.82, 2.24) is 24.9 Å². The number of nitrogens with zero attached hydrogens (tertiary/aromatic N) is 5. The third kappa shape index (κ3) is 4.45. The Labute approximate surface area is 194 Å². The van der Waals surface area contributed by atoms with Crippen LogP contribution in [0.25, 0.3) is 22.5 Å². The minimum Gasteiger partial charge on any atom is -0.466 e. The summed E-state index contributed by atoms with van der Waals surface area (Å²) in [7, 11) is 0. The molecule has 1 aliphatic rings. The first-order valence-electron chi connectivity index (χ1n) is 11.0. The molecule has 11 heteroatoms. The predicted molar refractivity (Wildman–Crippen MR) is 123 cm³/mol. The van der Waals surface area contributed by atoms with Crippen LogP contribution in [0.4, 0.5) is 11.4 Å². The molecule has 0 saturated carbocycles. The van der Waals surface area contributed by atoms with Gasteiger partial charge < -0.3 is 19.9 Å². The molecule has 1 aromatic carbocycles. The largest absolute Gasteiger partial charge is 0.466 e. The maximum atomic E-state index is 12.4. The van der Waals surface area contributed by atoms with Crippen molar-refractivity contribution in [3.63, 3.8) is 0 Å². The topological polar surface area (TPSA) is 137 Å². The fraction of sp³-hybridized carbons (Fsp3) is 0.304. The number of aryl methyl sites for hydroxylation is 1. The second-order valence-electron chi connectivity index (χ2n) is 7.91. The standard InChI is InChI=1S/C23H23N7O4/c1-2-30-22-16(13-25-30)21(27-15-8-9-33-20(32)10-15)17(12-24-22)23-28-18(29-34-23)11-19(31)26-14-6-4-3-5-7-14/h3-7,12-13,15H,2,8-11H2,1H3,(H,24,27)(H,26,31). The van der Waals surface area contributed by atoms with Crippen LogP contribution in [0, 0.1) is 0 Å². The van der Waals surface area contributed by atoms with Crippen molar-refractivity contribution in [2.24, 2.45) is 0 Å². The van der Waals surface area contributed by atoms with Crippen LogP contribution in [0.2, 0.25) is 0 Å². The van der Waals surface area contributed by atoms with Gasteiger partial charge in [-0.05, 0) is 19.1 Å². The number of benzene rings is 1. The number of rotatable bonds is 7. The number of pyridine rings is 1. The molecule has 1 atom stereocenters. The van der Waals surface area contributed by atoms with Crippen LogP contribution in [-0.2, 0) is 27.3 Å². The number of para-hydroxylation sites is 1. The molecule has 4 heterocycles. The van der Waals surface area contributed by atoms with Crippen LogP contribution < -0.4 is 10.6 Å². The van der Waals surface area contributed by atoms with E-state index in [1.807, 2.05) is 25.1 Å². The maximum Gasteiger partial charge on any atom is 0.307 e. The van der Waals surface area contributed by atoms with Gasteiger partial charge in [0, 0.05) is 30.9 Å². The molecule has 0 aliphatic carbocycles. The van der Waals surface area contributed by atoms with Crippen molar-refractivity contribution >= 4 is 34.3 Å². The van der Waals surface area contributed by atoms with Gasteiger partial charge in [-0.1, -0.05) is 23.4 Å². The second kappa shape index (κ2) is 9.30. The molecule has 1 fully saturated rings. The smallest absolute Gasteiger partial charge is 0.307 e. The van der Waals surface area contributed by atoms with Crippen LogP contribution >= 0.6 is 0 Å². The molecule has 0 radical (unpaired) electrons. The van der Waals surface area contributed by atoms with Crippen LogP contribution in [0.5, 0.6) is 0 Å². The first kappa shape index (κ1) is 21.6. The lowest BCUT2D eigenvalue weighted by atomic mass is 10.1. The van der Waals surface area contributed by atoms with E-state index in [-0.39, 0.29) is 42.5 Å². The Morgan fingerprint density at radius 1 is 1.24 bits per heavy atom. The van der Waals surface area contributed by atoms with Gasteiger partial charge in [-0.2, -0.15) is 10.1 Å². The monoisotopic (exact) mass is 461 g/mol. The molecule has 4 aromatic rings. The van der Waals surface area contributed by atoms with E-state index in [4.69, 9.17) is 9.26 Å². The Hall–Kier alpha value is -4.28. The van der Waals surface area contributed by atoms with Gasteiger partial charge in [0.15, 0.2) is 11.5 Å². The highest BCUT2D eigenvalue weighted by molar-refractivity contribution is 5.97. The fourth-order valence-corrected chi connectivity index (χ4v) is 3.89. The molecule has 34 heavy (non-hydrogen) atoms. The van der Waals surface area contributed by atoms with Gasteiger partial charge in [0.25, 0.3) is 5.89 Å². The average Bonchev–Trinajstić information content (AvgIpc) is 3.47. The fourth-order valence-electron chi connectivity index (χ4n) is 3.89. The Bertz CT molecular complexity index is 1330. The Balaban J connectivity index is 1.43. The minimum absolute atomic E-state index is 0.0426. The molecule has 1 unspecified atom stereocenters. The number of ether oxygens (including phenoxy) is 1. The van der Waals surface area contributed by atoms with E-state index in [1.165, 1.54) is 0 Å². The van der Waals surface area contributed by atoms with Crippen molar-refractivity contribution in [2.45, 2.75) is 38.8 Å². The van der Waals surface area contributed by atoms with Gasteiger partial charge in [0.1, 0.15) is 0 Å². The van der Waals surface area contributed by atoms with Crippen LogP contribution in [0.1, 0.15) is 25.6 Å². The Kier molecular flexibility index (Phi) is 5.90. The first-order valence-corrected chi connectivity index (χ1v) is 11.0. The molecule has 1 amide bonds. The summed E-state index contributed by atoms with van der Waals surface area (Å²) in [5, 5.41) is 15.4. The van der Waals surface area contributed by atoms with Gasteiger partial charge >= 0.3 is 5.97 Å². The van der Waals surface area contributed by atoms with Crippen molar-refractivity contribution in [1.29, 1.82) is 0 Å². The van der Waals surface area contributed by atoms with Crippen molar-refractivity contribution in [3.8, 4) is 11.5 Å². The van der Waals surface area contributed by atoms with Crippen LogP contribution in [0.15, 0.2) is 47.2 Å². The molecule has 0 bridgehead atoms. The van der Waals surface area contributed by atoms with E-state index < -0.39 is 0 Å². The highest BCUT2D eigenvalue weighted by Gasteiger charge is 2.25. The molecule has 2 N–H and O–H groups in total. The Morgan fingerprint density at radius 3 is 2.88 bits per heavy atom. The van der Waals surface area contributed by atoms with Gasteiger partial charge in [-0.25, -0.2) is 9.67 Å². The van der Waals surface area contributed by atoms with Crippen molar-refractivity contribution in [3.05, 3.63) is 48.5 Å². The highest BCUT2D eigenvalue weighted by Crippen LogP contribution is 2.34. The lowest BCUT2D eigenvalue weighted by molar-refractivity contribution is -0.147. The normalized spacial score (nSPS) is 15.8. The second-order valence-corrected chi connectivity index (χ2v) is 7.91. The summed E-state index contributed by atoms with van der Waals surface area (Å²) in [6.45, 7) is 3.00. The van der Waals surface area contributed by atoms with E-state index in [2.05, 4.69) is 30.9 Å². The molecule has 174 valence electrons. The lowest BCUT2D eigenvalue weighted by Gasteiger charge is -2.24. The third-order valence-corrected chi connectivity index (χ3v) is 5.53. The van der Waals surface area contributed by atoms with Gasteiger partial charge in [-0.3, -0.25) is 9.59 Å². The van der Waals surface area contributed by atoms with Crippen LogP contribution in [-0.4, -0.2) is 49.4 Å². The van der Waals surface area contributed by atoms with E-state index in [0.29, 0.717) is 42.2 Å². The number of amides is 1. The summed E-state index contributed by atoms with van der Waals surface area (Å²) in [4.78, 5) is 33.2. The number of hydrogen-bond acceptors (Lipinski definition) is 9. The summed E-state index contributed by atoms with van der Waals surface area (Å²) < 4.78 is 12.3. The number of aromatic nitrogens is 5. The molecule has 3 aromatic heterocycles. The molecule has 5 rings (SSSR count). The lowest BCUT2D eigenvalue weighted by Crippen LogP contribution is -2.31. The molecular weight excluding hydrogens is 438 g/mol. The zero-order valence-corrected chi connectivity index (χ0v) is 18.5. The summed E-state index contributed by atoms with van der Waals surface area (Å²) in [6, 6.07) is 9.04. The first-order chi connectivity index (χ1) is 16.6. The van der Waals surface area contributed by atoms with E-state index >= 15 is 0 Å². The minimum atomic E-state index is -0.254. The molecule has 1 aliphatic heterocycles. The van der Waals surface area contributed by atoms with E-state index in [1.54, 1.807) is 29.2 Å². The maximum absolute atomic E-state index is 12.4. The van der Waals surface area contributed by atoms with Gasteiger partial charge in [0.05, 0.1) is 42.3 Å². The highest BCUT2D eigenvalue weighted by atomic mass is 16.5. The number of anilines is 2. The SMILES string of the molecule is CCn1ncc2c(NC3CCOC(=O)C3)c(-c3nc(CC(=O)Nc4ccccc4)no3)cnc21. The van der Waals surface area contributed by atoms with E-state index in [9.17, 15) is 9.59 Å². The predicted octanol–water partition coefficient (Wildman–Crippen LogP) is 2.80. The molecular formula is C23H23N7O4. The average molecular weight is 461 g/mol. The van der Waals surface area contributed by atoms with Crippen molar-refractivity contribution < 1.29 is 18.8 Å². The summed E-state index contributed by atoms with van der Waals surface area (Å²) in [6.07, 6.45) is 4.25. The number of carbonyl (C=O) groups is 2. The summed E-state index contributed by atoms with van der Waals surface area (Å²) in [5.41, 5.74) is 2.67. The van der Waals surface area contributed by atoms with Crippen molar-refractivity contribution in [2.75, 3.05) is 17.2 Å². The quantitative estimate of drug-likeness (QED) is 0.398. The Morgan fingerprint density at radius 2 is 2.09 bits per heavy atom. The van der Waals surface area contributed by atoms with Crippen LogP contribution in [0.3, 0.4) is 0 Å². The van der Waals surface area contributed by atoms with Gasteiger partial charge in [-0.15, -0.1) is 0 Å². The zero-order chi connectivity index (χ0) is 23.5.